The molecule has 0 unspecified atom stereocenters. The number of aryl methyl sites for hydroxylation is 1. The molecule has 7 nitrogen and oxygen atoms in total. The Morgan fingerprint density at radius 3 is 2.39 bits per heavy atom. The highest BCUT2D eigenvalue weighted by Gasteiger charge is 2.21. The van der Waals surface area contributed by atoms with Gasteiger partial charge in [-0.25, -0.2) is 4.79 Å². The van der Waals surface area contributed by atoms with Gasteiger partial charge in [0.2, 0.25) is 11.7 Å². The van der Waals surface area contributed by atoms with E-state index in [1.807, 2.05) is 54.3 Å². The molecule has 28 heavy (non-hydrogen) atoms. The lowest BCUT2D eigenvalue weighted by molar-refractivity contribution is 0.208. The van der Waals surface area contributed by atoms with Crippen LogP contribution in [0.15, 0.2) is 59.1 Å². The van der Waals surface area contributed by atoms with Crippen LogP contribution in [0.5, 0.6) is 0 Å². The van der Waals surface area contributed by atoms with Crippen molar-refractivity contribution in [1.82, 2.24) is 15.0 Å². The molecule has 0 bridgehead atoms. The van der Waals surface area contributed by atoms with Gasteiger partial charge in [-0.3, -0.25) is 0 Å². The second-order valence-electron chi connectivity index (χ2n) is 6.68. The van der Waals surface area contributed by atoms with Gasteiger partial charge >= 0.3 is 6.03 Å². The summed E-state index contributed by atoms with van der Waals surface area (Å²) in [4.78, 5) is 21.0. The largest absolute Gasteiger partial charge is 0.368 e. The van der Waals surface area contributed by atoms with E-state index in [9.17, 15) is 4.79 Å². The normalized spacial score (nSPS) is 14.2. The van der Waals surface area contributed by atoms with Gasteiger partial charge in [-0.05, 0) is 36.4 Å². The molecule has 1 aliphatic rings. The highest BCUT2D eigenvalue weighted by molar-refractivity contribution is 5.89. The molecule has 3 aromatic rings. The first-order valence-corrected chi connectivity index (χ1v) is 9.52. The number of piperazine rings is 1. The van der Waals surface area contributed by atoms with Gasteiger partial charge in [0.1, 0.15) is 0 Å². The van der Waals surface area contributed by atoms with Crippen LogP contribution in [0, 0.1) is 0 Å². The Kier molecular flexibility index (Phi) is 5.23. The topological polar surface area (TPSA) is 74.5 Å². The minimum Gasteiger partial charge on any atom is -0.368 e. The van der Waals surface area contributed by atoms with Crippen LogP contribution in [0.3, 0.4) is 0 Å². The standard InChI is InChI=1S/C21H23N5O2/c1-2-19-23-20(24-28-19)16-8-10-17(11-9-16)22-21(27)26-14-12-25(13-15-26)18-6-4-3-5-7-18/h3-11H,2,12-15H2,1H3,(H,22,27). The fourth-order valence-electron chi connectivity index (χ4n) is 3.23. The Morgan fingerprint density at radius 2 is 1.75 bits per heavy atom. The Morgan fingerprint density at radius 1 is 1.04 bits per heavy atom. The van der Waals surface area contributed by atoms with E-state index in [4.69, 9.17) is 4.52 Å². The first-order valence-electron chi connectivity index (χ1n) is 9.52. The van der Waals surface area contributed by atoms with E-state index in [0.29, 0.717) is 31.2 Å². The minimum atomic E-state index is -0.0757. The van der Waals surface area contributed by atoms with E-state index in [-0.39, 0.29) is 6.03 Å². The van der Waals surface area contributed by atoms with Crippen LogP contribution in [0.1, 0.15) is 12.8 Å². The molecule has 2 heterocycles. The van der Waals surface area contributed by atoms with Crippen molar-refractivity contribution in [2.45, 2.75) is 13.3 Å². The summed E-state index contributed by atoms with van der Waals surface area (Å²) in [6.45, 7) is 5.01. The summed E-state index contributed by atoms with van der Waals surface area (Å²) in [5.74, 6) is 1.17. The Bertz CT molecular complexity index is 915. The maximum absolute atomic E-state index is 12.6. The summed E-state index contributed by atoms with van der Waals surface area (Å²) in [5.41, 5.74) is 2.81. The van der Waals surface area contributed by atoms with Crippen molar-refractivity contribution in [3.8, 4) is 11.4 Å². The van der Waals surface area contributed by atoms with E-state index in [2.05, 4.69) is 32.5 Å². The molecular formula is C21H23N5O2. The van der Waals surface area contributed by atoms with E-state index in [1.54, 1.807) is 0 Å². The molecule has 7 heteroatoms. The highest BCUT2D eigenvalue weighted by Crippen LogP contribution is 2.20. The van der Waals surface area contributed by atoms with Crippen LogP contribution in [0.25, 0.3) is 11.4 Å². The van der Waals surface area contributed by atoms with Gasteiger partial charge < -0.3 is 19.6 Å². The SMILES string of the molecule is CCc1nc(-c2ccc(NC(=O)N3CCN(c4ccccc4)CC3)cc2)no1. The average Bonchev–Trinajstić information content (AvgIpc) is 3.24. The third-order valence-electron chi connectivity index (χ3n) is 4.85. The second kappa shape index (κ2) is 8.12. The van der Waals surface area contributed by atoms with Crippen molar-refractivity contribution in [2.24, 2.45) is 0 Å². The summed E-state index contributed by atoms with van der Waals surface area (Å²) >= 11 is 0. The molecule has 0 spiro atoms. The Hall–Kier alpha value is -3.35. The van der Waals surface area contributed by atoms with Gasteiger partial charge in [-0.15, -0.1) is 0 Å². The monoisotopic (exact) mass is 377 g/mol. The van der Waals surface area contributed by atoms with E-state index >= 15 is 0 Å². The molecule has 2 aromatic carbocycles. The quantitative estimate of drug-likeness (QED) is 0.751. The van der Waals surface area contributed by atoms with E-state index < -0.39 is 0 Å². The third kappa shape index (κ3) is 3.98. The molecule has 2 amide bonds. The number of aromatic nitrogens is 2. The minimum absolute atomic E-state index is 0.0757. The number of para-hydroxylation sites is 1. The zero-order valence-electron chi connectivity index (χ0n) is 15.8. The lowest BCUT2D eigenvalue weighted by Crippen LogP contribution is -2.50. The van der Waals surface area contributed by atoms with E-state index in [1.165, 1.54) is 5.69 Å². The van der Waals surface area contributed by atoms with Crippen molar-refractivity contribution >= 4 is 17.4 Å². The predicted molar refractivity (Wildman–Crippen MR) is 108 cm³/mol. The third-order valence-corrected chi connectivity index (χ3v) is 4.85. The number of carbonyl (C=O) groups excluding carboxylic acids is 1. The number of rotatable bonds is 4. The zero-order chi connectivity index (χ0) is 19.3. The van der Waals surface area contributed by atoms with Crippen LogP contribution in [0.4, 0.5) is 16.2 Å². The van der Waals surface area contributed by atoms with Crippen LogP contribution in [-0.2, 0) is 6.42 Å². The summed E-state index contributed by atoms with van der Waals surface area (Å²) in [5, 5.41) is 6.93. The van der Waals surface area contributed by atoms with Crippen LogP contribution in [0.2, 0.25) is 0 Å². The number of anilines is 2. The molecule has 1 aliphatic heterocycles. The molecule has 0 saturated carbocycles. The van der Waals surface area contributed by atoms with Gasteiger partial charge in [-0.2, -0.15) is 4.98 Å². The number of nitrogens with one attached hydrogen (secondary N) is 1. The van der Waals surface area contributed by atoms with Crippen LogP contribution < -0.4 is 10.2 Å². The molecule has 0 radical (unpaired) electrons. The molecular weight excluding hydrogens is 354 g/mol. The van der Waals surface area contributed by atoms with Gasteiger partial charge in [-0.1, -0.05) is 30.3 Å². The number of benzene rings is 2. The van der Waals surface area contributed by atoms with Gasteiger partial charge in [0.05, 0.1) is 0 Å². The smallest absolute Gasteiger partial charge is 0.321 e. The van der Waals surface area contributed by atoms with Crippen molar-refractivity contribution < 1.29 is 9.32 Å². The fourth-order valence-corrected chi connectivity index (χ4v) is 3.23. The number of hydrogen-bond donors (Lipinski definition) is 1. The second-order valence-corrected chi connectivity index (χ2v) is 6.68. The van der Waals surface area contributed by atoms with Gasteiger partial charge in [0.15, 0.2) is 0 Å². The van der Waals surface area contributed by atoms with Crippen LogP contribution >= 0.6 is 0 Å². The predicted octanol–water partition coefficient (Wildman–Crippen LogP) is 3.65. The average molecular weight is 377 g/mol. The summed E-state index contributed by atoms with van der Waals surface area (Å²) in [6, 6.07) is 17.7. The Balaban J connectivity index is 1.33. The summed E-state index contributed by atoms with van der Waals surface area (Å²) in [7, 11) is 0. The Labute approximate surface area is 164 Å². The molecule has 144 valence electrons. The number of amides is 2. The van der Waals surface area contributed by atoms with Gasteiger partial charge in [0, 0.05) is 49.5 Å². The number of carbonyl (C=O) groups is 1. The van der Waals surface area contributed by atoms with Crippen molar-refractivity contribution in [2.75, 3.05) is 36.4 Å². The van der Waals surface area contributed by atoms with Crippen LogP contribution in [-0.4, -0.2) is 47.3 Å². The molecule has 0 aliphatic carbocycles. The summed E-state index contributed by atoms with van der Waals surface area (Å²) < 4.78 is 5.14. The highest BCUT2D eigenvalue weighted by atomic mass is 16.5. The lowest BCUT2D eigenvalue weighted by Gasteiger charge is -2.36. The fraction of sp³-hybridized carbons (Fsp3) is 0.286. The number of nitrogens with zero attached hydrogens (tertiary/aromatic N) is 4. The zero-order valence-corrected chi connectivity index (χ0v) is 15.8. The molecule has 1 N–H and O–H groups in total. The lowest BCUT2D eigenvalue weighted by atomic mass is 10.2. The van der Waals surface area contributed by atoms with Crippen molar-refractivity contribution in [1.29, 1.82) is 0 Å². The molecule has 4 rings (SSSR count). The molecule has 1 saturated heterocycles. The maximum atomic E-state index is 12.6. The van der Waals surface area contributed by atoms with Crippen molar-refractivity contribution in [3.05, 3.63) is 60.5 Å². The first kappa shape index (κ1) is 18.0. The first-order chi connectivity index (χ1) is 13.7. The molecule has 1 aromatic heterocycles. The maximum Gasteiger partial charge on any atom is 0.321 e. The van der Waals surface area contributed by atoms with Gasteiger partial charge in [0.25, 0.3) is 0 Å². The molecule has 1 fully saturated rings. The molecule has 0 atom stereocenters. The number of urea groups is 1. The van der Waals surface area contributed by atoms with Crippen molar-refractivity contribution in [3.63, 3.8) is 0 Å². The van der Waals surface area contributed by atoms with E-state index in [0.717, 1.165) is 24.3 Å². The summed E-state index contributed by atoms with van der Waals surface area (Å²) in [6.07, 6.45) is 0.707. The number of hydrogen-bond acceptors (Lipinski definition) is 5.